The lowest BCUT2D eigenvalue weighted by Gasteiger charge is -2.06. The van der Waals surface area contributed by atoms with Crippen molar-refractivity contribution in [3.05, 3.63) is 80.0 Å². The van der Waals surface area contributed by atoms with Gasteiger partial charge < -0.3 is 8.83 Å². The Kier molecular flexibility index (Phi) is 3.28. The molecule has 4 nitrogen and oxygen atoms in total. The summed E-state index contributed by atoms with van der Waals surface area (Å²) in [7, 11) is 0. The van der Waals surface area contributed by atoms with E-state index in [1.165, 1.54) is 6.07 Å². The molecule has 0 bridgehead atoms. The molecule has 118 valence electrons. The summed E-state index contributed by atoms with van der Waals surface area (Å²) in [5.41, 5.74) is 2.04. The first kappa shape index (κ1) is 14.7. The molecule has 0 fully saturated rings. The number of benzene rings is 2. The Morgan fingerprint density at radius 2 is 1.67 bits per heavy atom. The summed E-state index contributed by atoms with van der Waals surface area (Å²) in [6, 6.07) is 13.5. The van der Waals surface area contributed by atoms with Crippen LogP contribution in [0, 0.1) is 6.92 Å². The SMILES string of the molecule is Cc1cc(=O)oc2ccc(-c3cc4cc(Cl)ccc4oc3=O)cc12. The first-order valence-corrected chi connectivity index (χ1v) is 7.67. The van der Waals surface area contributed by atoms with Crippen LogP contribution in [-0.2, 0) is 0 Å². The lowest BCUT2D eigenvalue weighted by atomic mass is 10.0. The molecule has 0 atom stereocenters. The average Bonchev–Trinajstić information content (AvgIpc) is 2.54. The first-order chi connectivity index (χ1) is 11.5. The van der Waals surface area contributed by atoms with Gasteiger partial charge >= 0.3 is 11.3 Å². The fourth-order valence-electron chi connectivity index (χ4n) is 2.78. The standard InChI is InChI=1S/C19H11ClO4/c1-10-6-18(21)23-17-4-2-11(8-14(10)17)15-9-12-7-13(20)3-5-16(12)24-19(15)22/h2-9H,1H3. The monoisotopic (exact) mass is 338 g/mol. The lowest BCUT2D eigenvalue weighted by Crippen LogP contribution is -2.03. The normalized spacial score (nSPS) is 11.2. The fourth-order valence-corrected chi connectivity index (χ4v) is 2.96. The molecular weight excluding hydrogens is 328 g/mol. The topological polar surface area (TPSA) is 60.4 Å². The minimum Gasteiger partial charge on any atom is -0.423 e. The van der Waals surface area contributed by atoms with Crippen LogP contribution >= 0.6 is 11.6 Å². The molecule has 0 radical (unpaired) electrons. The van der Waals surface area contributed by atoms with Crippen molar-refractivity contribution in [1.29, 1.82) is 0 Å². The highest BCUT2D eigenvalue weighted by atomic mass is 35.5. The van der Waals surface area contributed by atoms with E-state index in [-0.39, 0.29) is 0 Å². The zero-order chi connectivity index (χ0) is 16.8. The predicted molar refractivity (Wildman–Crippen MR) is 93.7 cm³/mol. The third-order valence-electron chi connectivity index (χ3n) is 3.95. The van der Waals surface area contributed by atoms with E-state index in [4.69, 9.17) is 20.4 Å². The van der Waals surface area contributed by atoms with Gasteiger partial charge in [-0.25, -0.2) is 9.59 Å². The van der Waals surface area contributed by atoms with E-state index in [2.05, 4.69) is 0 Å². The molecule has 0 aliphatic rings. The first-order valence-electron chi connectivity index (χ1n) is 7.29. The van der Waals surface area contributed by atoms with Crippen molar-refractivity contribution in [2.75, 3.05) is 0 Å². The Labute approximate surface area is 140 Å². The fraction of sp³-hybridized carbons (Fsp3) is 0.0526. The maximum Gasteiger partial charge on any atom is 0.344 e. The van der Waals surface area contributed by atoms with Crippen molar-refractivity contribution in [3.63, 3.8) is 0 Å². The van der Waals surface area contributed by atoms with Crippen molar-refractivity contribution < 1.29 is 8.83 Å². The molecule has 5 heteroatoms. The Morgan fingerprint density at radius 3 is 2.50 bits per heavy atom. The summed E-state index contributed by atoms with van der Waals surface area (Å²) in [4.78, 5) is 23.8. The molecule has 0 spiro atoms. The molecular formula is C19H11ClO4. The van der Waals surface area contributed by atoms with Gasteiger partial charge in [-0.1, -0.05) is 17.7 Å². The van der Waals surface area contributed by atoms with E-state index in [0.29, 0.717) is 27.3 Å². The van der Waals surface area contributed by atoms with Gasteiger partial charge in [0.25, 0.3) is 0 Å². The Bertz CT molecular complexity index is 1220. The van der Waals surface area contributed by atoms with Gasteiger partial charge in [-0.05, 0) is 54.4 Å². The third-order valence-corrected chi connectivity index (χ3v) is 4.19. The summed E-state index contributed by atoms with van der Waals surface area (Å²) < 4.78 is 10.6. The van der Waals surface area contributed by atoms with Crippen molar-refractivity contribution in [2.45, 2.75) is 6.92 Å². The minimum absolute atomic E-state index is 0.396. The van der Waals surface area contributed by atoms with Gasteiger partial charge in [-0.3, -0.25) is 0 Å². The maximum atomic E-state index is 12.3. The summed E-state index contributed by atoms with van der Waals surface area (Å²) >= 11 is 6.01. The molecule has 2 aromatic carbocycles. The van der Waals surface area contributed by atoms with Crippen LogP contribution in [-0.4, -0.2) is 0 Å². The van der Waals surface area contributed by atoms with Gasteiger partial charge in [0.15, 0.2) is 0 Å². The number of hydrogen-bond acceptors (Lipinski definition) is 4. The van der Waals surface area contributed by atoms with E-state index in [1.54, 1.807) is 36.4 Å². The summed E-state index contributed by atoms with van der Waals surface area (Å²) in [5, 5.41) is 2.09. The average molecular weight is 339 g/mol. The number of rotatable bonds is 1. The van der Waals surface area contributed by atoms with Crippen LogP contribution in [0.3, 0.4) is 0 Å². The second kappa shape index (κ2) is 5.35. The Hall–Kier alpha value is -2.85. The third kappa shape index (κ3) is 2.41. The van der Waals surface area contributed by atoms with Crippen molar-refractivity contribution in [2.24, 2.45) is 0 Å². The highest BCUT2D eigenvalue weighted by Crippen LogP contribution is 2.27. The second-order valence-corrected chi connectivity index (χ2v) is 6.03. The van der Waals surface area contributed by atoms with E-state index < -0.39 is 11.3 Å². The van der Waals surface area contributed by atoms with Gasteiger partial charge in [-0.15, -0.1) is 0 Å². The van der Waals surface area contributed by atoms with E-state index >= 15 is 0 Å². The van der Waals surface area contributed by atoms with Gasteiger partial charge in [0.05, 0.1) is 5.56 Å². The molecule has 4 aromatic rings. The molecule has 0 unspecified atom stereocenters. The molecule has 0 N–H and O–H groups in total. The van der Waals surface area contributed by atoms with Gasteiger partial charge in [0.1, 0.15) is 11.2 Å². The zero-order valence-corrected chi connectivity index (χ0v) is 13.4. The van der Waals surface area contributed by atoms with Crippen molar-refractivity contribution >= 4 is 33.5 Å². The number of hydrogen-bond donors (Lipinski definition) is 0. The number of fused-ring (bicyclic) bond motifs is 2. The van der Waals surface area contributed by atoms with Crippen LogP contribution in [0.15, 0.2) is 67.0 Å². The van der Waals surface area contributed by atoms with Crippen molar-refractivity contribution in [3.8, 4) is 11.1 Å². The predicted octanol–water partition coefficient (Wildman–Crippen LogP) is 4.53. The van der Waals surface area contributed by atoms with Crippen LogP contribution in [0.2, 0.25) is 5.02 Å². The quantitative estimate of drug-likeness (QED) is 0.478. The second-order valence-electron chi connectivity index (χ2n) is 5.59. The summed E-state index contributed by atoms with van der Waals surface area (Å²) in [6.07, 6.45) is 0. The number of halogens is 1. The number of aryl methyl sites for hydroxylation is 1. The molecule has 0 saturated heterocycles. The zero-order valence-electron chi connectivity index (χ0n) is 12.6. The molecule has 4 rings (SSSR count). The van der Waals surface area contributed by atoms with Crippen LogP contribution < -0.4 is 11.3 Å². The van der Waals surface area contributed by atoms with E-state index in [1.807, 2.05) is 13.0 Å². The largest absolute Gasteiger partial charge is 0.423 e. The van der Waals surface area contributed by atoms with Crippen molar-refractivity contribution in [1.82, 2.24) is 0 Å². The van der Waals surface area contributed by atoms with E-state index in [0.717, 1.165) is 16.3 Å². The van der Waals surface area contributed by atoms with Gasteiger partial charge in [0.2, 0.25) is 0 Å². The molecule has 0 saturated carbocycles. The molecule has 2 aromatic heterocycles. The summed E-state index contributed by atoms with van der Waals surface area (Å²) in [5.74, 6) is 0. The molecule has 0 aliphatic heterocycles. The Balaban J connectivity index is 2.00. The molecule has 2 heterocycles. The Morgan fingerprint density at radius 1 is 0.875 bits per heavy atom. The highest BCUT2D eigenvalue weighted by Gasteiger charge is 2.11. The van der Waals surface area contributed by atoms with Gasteiger partial charge in [0, 0.05) is 21.9 Å². The molecule has 24 heavy (non-hydrogen) atoms. The van der Waals surface area contributed by atoms with Crippen LogP contribution in [0.5, 0.6) is 0 Å². The summed E-state index contributed by atoms with van der Waals surface area (Å²) in [6.45, 7) is 1.83. The molecule has 0 amide bonds. The van der Waals surface area contributed by atoms with Gasteiger partial charge in [-0.2, -0.15) is 0 Å². The maximum absolute atomic E-state index is 12.3. The molecule has 0 aliphatic carbocycles. The lowest BCUT2D eigenvalue weighted by molar-refractivity contribution is 0.559. The smallest absolute Gasteiger partial charge is 0.344 e. The highest BCUT2D eigenvalue weighted by molar-refractivity contribution is 6.31. The van der Waals surface area contributed by atoms with Crippen LogP contribution in [0.4, 0.5) is 0 Å². The van der Waals surface area contributed by atoms with E-state index in [9.17, 15) is 9.59 Å². The van der Waals surface area contributed by atoms with Crippen LogP contribution in [0.1, 0.15) is 5.56 Å². The van der Waals surface area contributed by atoms with Crippen LogP contribution in [0.25, 0.3) is 33.1 Å². The minimum atomic E-state index is -0.431.